The van der Waals surface area contributed by atoms with Gasteiger partial charge < -0.3 is 15.3 Å². The number of hydrogen-bond acceptors (Lipinski definition) is 4. The summed E-state index contributed by atoms with van der Waals surface area (Å²) in [6.45, 7) is 0. The number of carboxylic acid groups (broad SMARTS) is 1. The standard InChI is InChI=1S/C20H29ClO4S/c21-17-12-19(23)15(9-10-18(22)14-6-2-1-3-7-14)16(17)13-26-11-5-4-8-20(24)25/h9-10,14-19,22-23H,1-3,5-7,11-13H2,(H,24,25)/b10-9+/t15?,16?,17-,18+,19-/m1/s1. The monoisotopic (exact) mass is 400 g/mol. The first kappa shape index (κ1) is 21.6. The predicted molar refractivity (Wildman–Crippen MR) is 106 cm³/mol. The van der Waals surface area contributed by atoms with E-state index >= 15 is 0 Å². The van der Waals surface area contributed by atoms with E-state index in [9.17, 15) is 15.0 Å². The minimum Gasteiger partial charge on any atom is -0.472 e. The normalized spacial score (nSPS) is 30.9. The maximum Gasteiger partial charge on any atom is 0.381 e. The summed E-state index contributed by atoms with van der Waals surface area (Å²) in [5, 5.41) is 29.2. The van der Waals surface area contributed by atoms with Gasteiger partial charge in [0.1, 0.15) is 0 Å². The highest BCUT2D eigenvalue weighted by Gasteiger charge is 2.40. The Balaban J connectivity index is 1.83. The number of aliphatic hydroxyl groups is 2. The fourth-order valence-electron chi connectivity index (χ4n) is 3.93. The van der Waals surface area contributed by atoms with E-state index in [-0.39, 0.29) is 17.2 Å². The van der Waals surface area contributed by atoms with Crippen molar-refractivity contribution in [2.75, 3.05) is 11.5 Å². The third kappa shape index (κ3) is 6.81. The van der Waals surface area contributed by atoms with E-state index in [2.05, 4.69) is 11.8 Å². The Morgan fingerprint density at radius 1 is 1.31 bits per heavy atom. The Morgan fingerprint density at radius 2 is 2.04 bits per heavy atom. The number of alkyl halides is 1. The summed E-state index contributed by atoms with van der Waals surface area (Å²) < 4.78 is 0. The number of aliphatic carboxylic acids is 1. The van der Waals surface area contributed by atoms with Crippen LogP contribution in [-0.2, 0) is 4.79 Å². The van der Waals surface area contributed by atoms with Crippen LogP contribution in [0.4, 0.5) is 0 Å². The molecule has 2 saturated carbocycles. The van der Waals surface area contributed by atoms with Crippen LogP contribution in [0.5, 0.6) is 0 Å². The molecule has 26 heavy (non-hydrogen) atoms. The van der Waals surface area contributed by atoms with Gasteiger partial charge in [0.25, 0.3) is 0 Å². The minimum atomic E-state index is -1.10. The van der Waals surface area contributed by atoms with E-state index in [1.54, 1.807) is 11.8 Å². The molecule has 0 aromatic carbocycles. The molecule has 5 atom stereocenters. The summed E-state index contributed by atoms with van der Waals surface area (Å²) >= 11 is 8.12. The van der Waals surface area contributed by atoms with Gasteiger partial charge in [-0.1, -0.05) is 37.3 Å². The van der Waals surface area contributed by atoms with Crippen LogP contribution in [0.15, 0.2) is 12.2 Å². The van der Waals surface area contributed by atoms with Crippen molar-refractivity contribution in [3.63, 3.8) is 0 Å². The van der Waals surface area contributed by atoms with Gasteiger partial charge in [-0.2, -0.15) is 11.8 Å². The largest absolute Gasteiger partial charge is 0.472 e. The van der Waals surface area contributed by atoms with Crippen molar-refractivity contribution in [1.29, 1.82) is 0 Å². The van der Waals surface area contributed by atoms with Crippen LogP contribution >= 0.6 is 23.4 Å². The maximum absolute atomic E-state index is 10.4. The molecular weight excluding hydrogens is 372 g/mol. The molecule has 2 unspecified atom stereocenters. The van der Waals surface area contributed by atoms with Gasteiger partial charge in [0.15, 0.2) is 0 Å². The van der Waals surface area contributed by atoms with Crippen LogP contribution in [0.2, 0.25) is 0 Å². The Bertz CT molecular complexity index is 536. The molecule has 2 fully saturated rings. The van der Waals surface area contributed by atoms with E-state index < -0.39 is 18.2 Å². The number of halogens is 1. The molecule has 4 nitrogen and oxygen atoms in total. The second-order valence-corrected chi connectivity index (χ2v) is 8.98. The highest BCUT2D eigenvalue weighted by Crippen LogP contribution is 2.39. The van der Waals surface area contributed by atoms with Crippen LogP contribution in [0, 0.1) is 29.6 Å². The Hall–Kier alpha value is -0.670. The van der Waals surface area contributed by atoms with Gasteiger partial charge in [0.05, 0.1) is 12.2 Å². The molecule has 0 amide bonds. The predicted octanol–water partition coefficient (Wildman–Crippen LogP) is 3.30. The third-order valence-electron chi connectivity index (χ3n) is 5.41. The van der Waals surface area contributed by atoms with Gasteiger partial charge >= 0.3 is 5.97 Å². The zero-order valence-corrected chi connectivity index (χ0v) is 16.6. The van der Waals surface area contributed by atoms with Crippen molar-refractivity contribution in [2.45, 2.75) is 62.5 Å². The van der Waals surface area contributed by atoms with E-state index in [0.717, 1.165) is 24.3 Å². The van der Waals surface area contributed by atoms with Crippen LogP contribution in [-0.4, -0.2) is 50.4 Å². The molecule has 0 heterocycles. The molecule has 2 aliphatic rings. The van der Waals surface area contributed by atoms with Crippen LogP contribution in [0.25, 0.3) is 0 Å². The molecule has 0 aromatic heterocycles. The van der Waals surface area contributed by atoms with Crippen molar-refractivity contribution >= 4 is 29.3 Å². The minimum absolute atomic E-state index is 0.0339. The summed E-state index contributed by atoms with van der Waals surface area (Å²) in [4.78, 5) is 10.4. The number of aliphatic hydroxyl groups excluding tert-OH is 2. The summed E-state index contributed by atoms with van der Waals surface area (Å²) in [7, 11) is 0. The number of thioether (sulfide) groups is 1. The van der Waals surface area contributed by atoms with Gasteiger partial charge in [-0.05, 0) is 36.9 Å². The Labute approximate surface area is 165 Å². The first-order valence-electron chi connectivity index (χ1n) is 9.47. The van der Waals surface area contributed by atoms with Crippen molar-refractivity contribution in [1.82, 2.24) is 0 Å². The van der Waals surface area contributed by atoms with Gasteiger partial charge in [-0.25, -0.2) is 4.79 Å². The summed E-state index contributed by atoms with van der Waals surface area (Å²) in [5.41, 5.74) is 0. The topological polar surface area (TPSA) is 77.8 Å². The average Bonchev–Trinajstić information content (AvgIpc) is 2.89. The third-order valence-corrected chi connectivity index (χ3v) is 7.03. The maximum atomic E-state index is 10.4. The van der Waals surface area contributed by atoms with Crippen molar-refractivity contribution in [2.24, 2.45) is 17.8 Å². The van der Waals surface area contributed by atoms with Gasteiger partial charge in [-0.3, -0.25) is 0 Å². The number of carboxylic acids is 1. The zero-order chi connectivity index (χ0) is 18.9. The molecule has 0 aromatic rings. The first-order chi connectivity index (χ1) is 12.5. The summed E-state index contributed by atoms with van der Waals surface area (Å²) in [6, 6.07) is 0. The van der Waals surface area contributed by atoms with Gasteiger partial charge in [-0.15, -0.1) is 11.6 Å². The van der Waals surface area contributed by atoms with Crippen molar-refractivity contribution < 1.29 is 20.1 Å². The zero-order valence-electron chi connectivity index (χ0n) is 15.0. The molecule has 0 saturated heterocycles. The second-order valence-electron chi connectivity index (χ2n) is 7.27. The fraction of sp³-hybridized carbons (Fsp3) is 0.750. The summed E-state index contributed by atoms with van der Waals surface area (Å²) in [6.07, 6.45) is 9.84. The molecule has 2 aliphatic carbocycles. The SMILES string of the molecule is O=C(O)C#CCCSCC1C(/C=C/[C@H](O)C2CCCCC2)[C@H](O)C[C@H]1Cl. The second kappa shape index (κ2) is 11.2. The molecule has 0 radical (unpaired) electrons. The van der Waals surface area contributed by atoms with Crippen LogP contribution in [0.1, 0.15) is 44.9 Å². The highest BCUT2D eigenvalue weighted by molar-refractivity contribution is 7.99. The van der Waals surface area contributed by atoms with E-state index in [1.807, 2.05) is 12.2 Å². The number of rotatable bonds is 7. The van der Waals surface area contributed by atoms with E-state index in [4.69, 9.17) is 16.7 Å². The molecule has 146 valence electrons. The van der Waals surface area contributed by atoms with Crippen LogP contribution < -0.4 is 0 Å². The lowest BCUT2D eigenvalue weighted by atomic mass is 9.84. The van der Waals surface area contributed by atoms with Crippen molar-refractivity contribution in [3.8, 4) is 11.8 Å². The molecule has 2 rings (SSSR count). The molecule has 0 spiro atoms. The smallest absolute Gasteiger partial charge is 0.381 e. The molecule has 6 heteroatoms. The van der Waals surface area contributed by atoms with E-state index in [1.165, 1.54) is 19.3 Å². The Morgan fingerprint density at radius 3 is 2.73 bits per heavy atom. The quantitative estimate of drug-likeness (QED) is 0.264. The molecular formula is C20H29ClO4S. The molecule has 0 aliphatic heterocycles. The van der Waals surface area contributed by atoms with Crippen LogP contribution in [0.3, 0.4) is 0 Å². The average molecular weight is 401 g/mol. The Kier molecular flexibility index (Phi) is 9.35. The highest BCUT2D eigenvalue weighted by atomic mass is 35.5. The first-order valence-corrected chi connectivity index (χ1v) is 11.1. The van der Waals surface area contributed by atoms with Crippen molar-refractivity contribution in [3.05, 3.63) is 12.2 Å². The molecule has 0 bridgehead atoms. The molecule has 3 N–H and O–H groups in total. The lowest BCUT2D eigenvalue weighted by Gasteiger charge is -2.25. The number of hydrogen-bond donors (Lipinski definition) is 3. The van der Waals surface area contributed by atoms with Gasteiger partial charge in [0, 0.05) is 29.4 Å². The van der Waals surface area contributed by atoms with E-state index in [0.29, 0.717) is 18.8 Å². The lowest BCUT2D eigenvalue weighted by Crippen LogP contribution is -2.24. The summed E-state index contributed by atoms with van der Waals surface area (Å²) in [5.74, 6) is 5.63. The number of carbonyl (C=O) groups is 1. The van der Waals surface area contributed by atoms with Gasteiger partial charge in [0.2, 0.25) is 0 Å². The fourth-order valence-corrected chi connectivity index (χ4v) is 5.62. The lowest BCUT2D eigenvalue weighted by molar-refractivity contribution is -0.130.